The summed E-state index contributed by atoms with van der Waals surface area (Å²) >= 11 is 0. The first-order valence-electron chi connectivity index (χ1n) is 7.98. The van der Waals surface area contributed by atoms with Gasteiger partial charge in [-0.3, -0.25) is 9.59 Å². The van der Waals surface area contributed by atoms with Gasteiger partial charge in [-0.25, -0.2) is 0 Å². The molecule has 1 aliphatic carbocycles. The third-order valence-corrected chi connectivity index (χ3v) is 4.74. The molecule has 0 saturated heterocycles. The van der Waals surface area contributed by atoms with Crippen molar-refractivity contribution in [1.82, 2.24) is 0 Å². The van der Waals surface area contributed by atoms with E-state index in [0.717, 1.165) is 10.8 Å². The Labute approximate surface area is 139 Å². The molecule has 3 nitrogen and oxygen atoms in total. The summed E-state index contributed by atoms with van der Waals surface area (Å²) in [7, 11) is 0. The first kappa shape index (κ1) is 14.8. The molecule has 118 valence electrons. The van der Waals surface area contributed by atoms with Crippen LogP contribution in [0.2, 0.25) is 0 Å². The van der Waals surface area contributed by atoms with Crippen LogP contribution >= 0.6 is 0 Å². The molecule has 0 spiro atoms. The van der Waals surface area contributed by atoms with Crippen molar-refractivity contribution >= 4 is 22.3 Å². The molecule has 2 atom stereocenters. The van der Waals surface area contributed by atoms with E-state index in [1.54, 1.807) is 30.3 Å². The molecule has 3 aromatic rings. The van der Waals surface area contributed by atoms with Gasteiger partial charge in [-0.2, -0.15) is 0 Å². The number of rotatable bonds is 2. The number of aliphatic hydroxyl groups is 1. The number of ketones is 2. The van der Waals surface area contributed by atoms with Crippen LogP contribution in [-0.2, 0) is 0 Å². The summed E-state index contributed by atoms with van der Waals surface area (Å²) in [6.07, 6.45) is -0.901. The van der Waals surface area contributed by atoms with E-state index in [-0.39, 0.29) is 18.0 Å². The molecule has 24 heavy (non-hydrogen) atoms. The summed E-state index contributed by atoms with van der Waals surface area (Å²) in [6.45, 7) is 0. The number of hydrogen-bond acceptors (Lipinski definition) is 3. The quantitative estimate of drug-likeness (QED) is 0.728. The SMILES string of the molecule is O=C1C[C@H](C(=O)c2ccc3ccccc3c2)[C@@H](O)c2ccccc21. The molecule has 0 unspecified atom stereocenters. The van der Waals surface area contributed by atoms with Crippen molar-refractivity contribution in [2.45, 2.75) is 12.5 Å². The van der Waals surface area contributed by atoms with E-state index in [1.807, 2.05) is 36.4 Å². The van der Waals surface area contributed by atoms with Crippen LogP contribution in [0.4, 0.5) is 0 Å². The van der Waals surface area contributed by atoms with Crippen LogP contribution in [0.1, 0.15) is 38.8 Å². The van der Waals surface area contributed by atoms with Crippen LogP contribution in [-0.4, -0.2) is 16.7 Å². The highest BCUT2D eigenvalue weighted by atomic mass is 16.3. The number of carbonyl (C=O) groups is 2. The van der Waals surface area contributed by atoms with Crippen molar-refractivity contribution in [3.63, 3.8) is 0 Å². The Balaban J connectivity index is 1.72. The van der Waals surface area contributed by atoms with Crippen LogP contribution in [0.3, 0.4) is 0 Å². The largest absolute Gasteiger partial charge is 0.388 e. The molecule has 0 radical (unpaired) electrons. The monoisotopic (exact) mass is 316 g/mol. The van der Waals surface area contributed by atoms with Gasteiger partial charge in [-0.15, -0.1) is 0 Å². The smallest absolute Gasteiger partial charge is 0.169 e. The van der Waals surface area contributed by atoms with Crippen LogP contribution in [0, 0.1) is 5.92 Å². The molecular weight excluding hydrogens is 300 g/mol. The predicted molar refractivity (Wildman–Crippen MR) is 92.1 cm³/mol. The normalized spacial score (nSPS) is 20.0. The number of carbonyl (C=O) groups excluding carboxylic acids is 2. The Morgan fingerprint density at radius 1 is 0.917 bits per heavy atom. The molecule has 0 saturated carbocycles. The molecule has 0 fully saturated rings. The van der Waals surface area contributed by atoms with E-state index in [2.05, 4.69) is 0 Å². The van der Waals surface area contributed by atoms with E-state index >= 15 is 0 Å². The van der Waals surface area contributed by atoms with Crippen molar-refractivity contribution in [2.24, 2.45) is 5.92 Å². The Hall–Kier alpha value is -2.78. The van der Waals surface area contributed by atoms with E-state index < -0.39 is 12.0 Å². The zero-order valence-corrected chi connectivity index (χ0v) is 13.0. The Bertz CT molecular complexity index is 958. The highest BCUT2D eigenvalue weighted by Gasteiger charge is 2.37. The molecule has 1 aliphatic rings. The fraction of sp³-hybridized carbons (Fsp3) is 0.143. The lowest BCUT2D eigenvalue weighted by Crippen LogP contribution is -2.31. The van der Waals surface area contributed by atoms with Gasteiger partial charge < -0.3 is 5.11 Å². The second kappa shape index (κ2) is 5.69. The second-order valence-electron chi connectivity index (χ2n) is 6.19. The molecule has 3 heteroatoms. The maximum atomic E-state index is 12.9. The average Bonchev–Trinajstić information content (AvgIpc) is 2.64. The summed E-state index contributed by atoms with van der Waals surface area (Å²) in [4.78, 5) is 25.2. The summed E-state index contributed by atoms with van der Waals surface area (Å²) in [6, 6.07) is 20.3. The number of aliphatic hydroxyl groups excluding tert-OH is 1. The summed E-state index contributed by atoms with van der Waals surface area (Å²) in [5.74, 6) is -1.00. The number of benzene rings is 3. The van der Waals surface area contributed by atoms with Crippen LogP contribution in [0.5, 0.6) is 0 Å². The third kappa shape index (κ3) is 2.34. The van der Waals surface area contributed by atoms with Crippen molar-refractivity contribution in [3.05, 3.63) is 83.4 Å². The van der Waals surface area contributed by atoms with Gasteiger partial charge in [0, 0.05) is 17.5 Å². The molecule has 0 bridgehead atoms. The standard InChI is InChI=1S/C21H16O3/c22-19-12-18(21(24)17-8-4-3-7-16(17)19)20(23)15-10-9-13-5-1-2-6-14(13)11-15/h1-11,18,21,24H,12H2/t18-,21+/m1/s1. The lowest BCUT2D eigenvalue weighted by atomic mass is 9.77. The van der Waals surface area contributed by atoms with Crippen molar-refractivity contribution < 1.29 is 14.7 Å². The zero-order valence-electron chi connectivity index (χ0n) is 13.0. The maximum absolute atomic E-state index is 12.9. The lowest BCUT2D eigenvalue weighted by Gasteiger charge is -2.28. The Morgan fingerprint density at radius 3 is 2.46 bits per heavy atom. The second-order valence-corrected chi connectivity index (χ2v) is 6.19. The molecular formula is C21H16O3. The van der Waals surface area contributed by atoms with Gasteiger partial charge in [0.25, 0.3) is 0 Å². The molecule has 0 heterocycles. The number of Topliss-reactive ketones (excluding diaryl/α,β-unsaturated/α-hetero) is 2. The summed E-state index contributed by atoms with van der Waals surface area (Å²) in [5.41, 5.74) is 1.60. The third-order valence-electron chi connectivity index (χ3n) is 4.74. The number of fused-ring (bicyclic) bond motifs is 2. The van der Waals surface area contributed by atoms with Gasteiger partial charge in [-0.1, -0.05) is 60.7 Å². The lowest BCUT2D eigenvalue weighted by molar-refractivity contribution is 0.0567. The van der Waals surface area contributed by atoms with Gasteiger partial charge in [0.05, 0.1) is 12.0 Å². The minimum atomic E-state index is -0.946. The van der Waals surface area contributed by atoms with E-state index in [4.69, 9.17) is 0 Å². The van der Waals surface area contributed by atoms with Crippen LogP contribution in [0.15, 0.2) is 66.7 Å². The van der Waals surface area contributed by atoms with E-state index in [9.17, 15) is 14.7 Å². The topological polar surface area (TPSA) is 54.4 Å². The predicted octanol–water partition coefficient (Wildman–Crippen LogP) is 3.96. The first-order chi connectivity index (χ1) is 11.6. The fourth-order valence-electron chi connectivity index (χ4n) is 3.44. The minimum absolute atomic E-state index is 0.0455. The summed E-state index contributed by atoms with van der Waals surface area (Å²) < 4.78 is 0. The summed E-state index contributed by atoms with van der Waals surface area (Å²) in [5, 5.41) is 12.6. The fourth-order valence-corrected chi connectivity index (χ4v) is 3.44. The minimum Gasteiger partial charge on any atom is -0.388 e. The van der Waals surface area contributed by atoms with Crippen molar-refractivity contribution in [3.8, 4) is 0 Å². The van der Waals surface area contributed by atoms with E-state index in [0.29, 0.717) is 16.7 Å². The van der Waals surface area contributed by atoms with Crippen LogP contribution < -0.4 is 0 Å². The van der Waals surface area contributed by atoms with Gasteiger partial charge in [-0.05, 0) is 22.4 Å². The van der Waals surface area contributed by atoms with Gasteiger partial charge in [0.2, 0.25) is 0 Å². The molecule has 4 rings (SSSR count). The highest BCUT2D eigenvalue weighted by molar-refractivity contribution is 6.07. The Kier molecular flexibility index (Phi) is 3.51. The zero-order chi connectivity index (χ0) is 16.7. The van der Waals surface area contributed by atoms with Crippen molar-refractivity contribution in [1.29, 1.82) is 0 Å². The maximum Gasteiger partial charge on any atom is 0.169 e. The van der Waals surface area contributed by atoms with Crippen molar-refractivity contribution in [2.75, 3.05) is 0 Å². The van der Waals surface area contributed by atoms with Gasteiger partial charge in [0.15, 0.2) is 11.6 Å². The average molecular weight is 316 g/mol. The Morgan fingerprint density at radius 2 is 1.62 bits per heavy atom. The highest BCUT2D eigenvalue weighted by Crippen LogP contribution is 2.36. The van der Waals surface area contributed by atoms with E-state index in [1.165, 1.54) is 0 Å². The first-order valence-corrected chi connectivity index (χ1v) is 7.98. The molecule has 0 amide bonds. The molecule has 1 N–H and O–H groups in total. The number of hydrogen-bond donors (Lipinski definition) is 1. The molecule has 0 aliphatic heterocycles. The van der Waals surface area contributed by atoms with Crippen LogP contribution in [0.25, 0.3) is 10.8 Å². The van der Waals surface area contributed by atoms with Gasteiger partial charge >= 0.3 is 0 Å². The molecule has 3 aromatic carbocycles. The molecule has 0 aromatic heterocycles. The van der Waals surface area contributed by atoms with Gasteiger partial charge in [0.1, 0.15) is 0 Å².